The Bertz CT molecular complexity index is 890. The van der Waals surface area contributed by atoms with Gasteiger partial charge in [0.25, 0.3) is 5.91 Å². The number of carbonyl (C=O) groups is 1. The topological polar surface area (TPSA) is 32.3 Å². The van der Waals surface area contributed by atoms with Gasteiger partial charge in [-0.1, -0.05) is 17.7 Å². The molecule has 0 fully saturated rings. The van der Waals surface area contributed by atoms with Crippen LogP contribution in [-0.4, -0.2) is 31.4 Å². The van der Waals surface area contributed by atoms with E-state index in [1.807, 2.05) is 35.7 Å². The van der Waals surface area contributed by atoms with Crippen LogP contribution in [0.25, 0.3) is 10.1 Å². The van der Waals surface area contributed by atoms with Crippen molar-refractivity contribution in [1.82, 2.24) is 10.2 Å². The number of halogens is 1. The standard InChI is InChI=1S/C10H12ClN.C10H9NOS/c1-12-5-4-8-6-10(11)3-2-9(8)7-12;1-11-10(12)8-2-3-9-7(6-8)4-5-13-9/h2-3,6H,4-5,7H2,1H3;2-6H,1H3,(H,11,12). The molecule has 0 unspecified atom stereocenters. The van der Waals surface area contributed by atoms with Crippen molar-refractivity contribution in [2.75, 3.05) is 20.6 Å². The Balaban J connectivity index is 0.000000146. The van der Waals surface area contributed by atoms with E-state index < -0.39 is 0 Å². The van der Waals surface area contributed by atoms with Crippen LogP contribution in [0.3, 0.4) is 0 Å². The maximum atomic E-state index is 11.3. The number of carbonyl (C=O) groups excluding carboxylic acids is 1. The molecular formula is C20H21ClN2OS. The van der Waals surface area contributed by atoms with E-state index in [2.05, 4.69) is 29.4 Å². The molecule has 130 valence electrons. The molecule has 5 heteroatoms. The smallest absolute Gasteiger partial charge is 0.251 e. The number of nitrogens with zero attached hydrogens (tertiary/aromatic N) is 1. The minimum absolute atomic E-state index is 0.0342. The largest absolute Gasteiger partial charge is 0.355 e. The molecule has 0 saturated carbocycles. The van der Waals surface area contributed by atoms with E-state index >= 15 is 0 Å². The molecule has 0 atom stereocenters. The molecule has 1 amide bonds. The first-order chi connectivity index (χ1) is 12.1. The summed E-state index contributed by atoms with van der Waals surface area (Å²) in [5.41, 5.74) is 3.56. The second-order valence-electron chi connectivity index (χ2n) is 6.15. The van der Waals surface area contributed by atoms with Crippen LogP contribution in [0.5, 0.6) is 0 Å². The van der Waals surface area contributed by atoms with Gasteiger partial charge in [0.1, 0.15) is 0 Å². The first-order valence-corrected chi connectivity index (χ1v) is 9.48. The zero-order valence-corrected chi connectivity index (χ0v) is 16.0. The molecule has 1 aromatic heterocycles. The molecule has 0 spiro atoms. The van der Waals surface area contributed by atoms with Gasteiger partial charge in [0.15, 0.2) is 0 Å². The molecule has 25 heavy (non-hydrogen) atoms. The fourth-order valence-electron chi connectivity index (χ4n) is 2.91. The van der Waals surface area contributed by atoms with Gasteiger partial charge in [0.2, 0.25) is 0 Å². The number of hydrogen-bond donors (Lipinski definition) is 1. The lowest BCUT2D eigenvalue weighted by Crippen LogP contribution is -2.26. The summed E-state index contributed by atoms with van der Waals surface area (Å²) < 4.78 is 1.22. The summed E-state index contributed by atoms with van der Waals surface area (Å²) in [6.07, 6.45) is 1.13. The Labute approximate surface area is 157 Å². The fourth-order valence-corrected chi connectivity index (χ4v) is 3.88. The van der Waals surface area contributed by atoms with Crippen LogP contribution in [0.2, 0.25) is 5.02 Å². The van der Waals surface area contributed by atoms with Crippen molar-refractivity contribution in [3.63, 3.8) is 0 Å². The Kier molecular flexibility index (Phi) is 5.74. The van der Waals surface area contributed by atoms with E-state index in [0.29, 0.717) is 5.56 Å². The van der Waals surface area contributed by atoms with Crippen LogP contribution in [0.4, 0.5) is 0 Å². The molecule has 2 aromatic carbocycles. The molecule has 4 rings (SSSR count). The van der Waals surface area contributed by atoms with Crippen molar-refractivity contribution < 1.29 is 4.79 Å². The van der Waals surface area contributed by atoms with Crippen molar-refractivity contribution in [3.8, 4) is 0 Å². The summed E-state index contributed by atoms with van der Waals surface area (Å²) in [7, 11) is 3.79. The fraction of sp³-hybridized carbons (Fsp3) is 0.250. The summed E-state index contributed by atoms with van der Waals surface area (Å²) in [5.74, 6) is -0.0342. The van der Waals surface area contributed by atoms with Crippen LogP contribution < -0.4 is 5.32 Å². The molecule has 0 aliphatic carbocycles. The highest BCUT2D eigenvalue weighted by Gasteiger charge is 2.12. The summed E-state index contributed by atoms with van der Waals surface area (Å²) in [6.45, 7) is 2.21. The zero-order valence-electron chi connectivity index (χ0n) is 14.4. The Morgan fingerprint density at radius 3 is 2.80 bits per heavy atom. The Hall–Kier alpha value is -1.88. The Morgan fingerprint density at radius 1 is 1.16 bits per heavy atom. The first-order valence-electron chi connectivity index (χ1n) is 8.22. The van der Waals surface area contributed by atoms with Crippen LogP contribution in [0.15, 0.2) is 47.8 Å². The number of likely N-dealkylation sites (N-methyl/N-ethyl adjacent to an activating group) is 1. The number of nitrogens with one attached hydrogen (secondary N) is 1. The summed E-state index contributed by atoms with van der Waals surface area (Å²) in [6, 6.07) is 13.9. The maximum Gasteiger partial charge on any atom is 0.251 e. The van der Waals surface area contributed by atoms with E-state index in [9.17, 15) is 4.79 Å². The molecule has 0 bridgehead atoms. The number of benzene rings is 2. The number of fused-ring (bicyclic) bond motifs is 2. The lowest BCUT2D eigenvalue weighted by molar-refractivity contribution is 0.0963. The maximum absolute atomic E-state index is 11.3. The second kappa shape index (κ2) is 8.00. The van der Waals surface area contributed by atoms with Gasteiger partial charge in [0.05, 0.1) is 0 Å². The van der Waals surface area contributed by atoms with Crippen LogP contribution in [-0.2, 0) is 13.0 Å². The predicted octanol–water partition coefficient (Wildman–Crippen LogP) is 4.59. The van der Waals surface area contributed by atoms with Crippen LogP contribution in [0, 0.1) is 0 Å². The van der Waals surface area contributed by atoms with Crippen molar-refractivity contribution in [3.05, 3.63) is 69.6 Å². The molecule has 3 nitrogen and oxygen atoms in total. The third-order valence-electron chi connectivity index (χ3n) is 4.31. The third-order valence-corrected chi connectivity index (χ3v) is 5.45. The average molecular weight is 373 g/mol. The molecule has 1 N–H and O–H groups in total. The Morgan fingerprint density at radius 2 is 2.00 bits per heavy atom. The molecule has 2 heterocycles. The average Bonchev–Trinajstić information content (AvgIpc) is 3.09. The van der Waals surface area contributed by atoms with Crippen LogP contribution >= 0.6 is 22.9 Å². The van der Waals surface area contributed by atoms with Crippen LogP contribution in [0.1, 0.15) is 21.5 Å². The van der Waals surface area contributed by atoms with Gasteiger partial charge in [-0.05, 0) is 71.8 Å². The molecular weight excluding hydrogens is 352 g/mol. The van der Waals surface area contributed by atoms with Gasteiger partial charge in [-0.2, -0.15) is 0 Å². The molecule has 1 aliphatic heterocycles. The number of amides is 1. The minimum Gasteiger partial charge on any atom is -0.355 e. The quantitative estimate of drug-likeness (QED) is 0.677. The van der Waals surface area contributed by atoms with E-state index in [-0.39, 0.29) is 5.91 Å². The summed E-state index contributed by atoms with van der Waals surface area (Å²) in [5, 5.41) is 6.62. The van der Waals surface area contributed by atoms with Gasteiger partial charge in [-0.25, -0.2) is 0 Å². The summed E-state index contributed by atoms with van der Waals surface area (Å²) in [4.78, 5) is 13.6. The van der Waals surface area contributed by atoms with Crippen molar-refractivity contribution >= 4 is 38.9 Å². The lowest BCUT2D eigenvalue weighted by Gasteiger charge is -2.24. The normalized spacial score (nSPS) is 13.7. The molecule has 0 saturated heterocycles. The van der Waals surface area contributed by atoms with Gasteiger partial charge in [-0.15, -0.1) is 11.3 Å². The van der Waals surface area contributed by atoms with Gasteiger partial charge in [0, 0.05) is 35.4 Å². The second-order valence-corrected chi connectivity index (χ2v) is 7.54. The van der Waals surface area contributed by atoms with Crippen molar-refractivity contribution in [1.29, 1.82) is 0 Å². The van der Waals surface area contributed by atoms with Gasteiger partial charge in [-0.3, -0.25) is 4.79 Å². The number of thiophene rings is 1. The predicted molar refractivity (Wildman–Crippen MR) is 107 cm³/mol. The molecule has 0 radical (unpaired) electrons. The van der Waals surface area contributed by atoms with E-state index in [0.717, 1.165) is 29.9 Å². The first kappa shape index (κ1) is 17.9. The van der Waals surface area contributed by atoms with Gasteiger partial charge < -0.3 is 10.2 Å². The molecule has 3 aromatic rings. The van der Waals surface area contributed by atoms with Gasteiger partial charge >= 0.3 is 0 Å². The highest BCUT2D eigenvalue weighted by atomic mass is 35.5. The SMILES string of the molecule is CN1CCc2cc(Cl)ccc2C1.CNC(=O)c1ccc2sccc2c1. The van der Waals surface area contributed by atoms with Crippen molar-refractivity contribution in [2.24, 2.45) is 0 Å². The zero-order chi connectivity index (χ0) is 17.8. The van der Waals surface area contributed by atoms with E-state index in [1.165, 1.54) is 15.8 Å². The number of hydrogen-bond acceptors (Lipinski definition) is 3. The molecule has 1 aliphatic rings. The monoisotopic (exact) mass is 372 g/mol. The minimum atomic E-state index is -0.0342. The number of rotatable bonds is 1. The van der Waals surface area contributed by atoms with E-state index in [4.69, 9.17) is 11.6 Å². The highest BCUT2D eigenvalue weighted by Crippen LogP contribution is 2.22. The van der Waals surface area contributed by atoms with E-state index in [1.54, 1.807) is 18.4 Å². The third kappa shape index (κ3) is 4.40. The lowest BCUT2D eigenvalue weighted by atomic mass is 10.0. The van der Waals surface area contributed by atoms with Crippen molar-refractivity contribution in [2.45, 2.75) is 13.0 Å². The highest BCUT2D eigenvalue weighted by molar-refractivity contribution is 7.17. The summed E-state index contributed by atoms with van der Waals surface area (Å²) >= 11 is 7.58.